The van der Waals surface area contributed by atoms with Gasteiger partial charge in [0.2, 0.25) is 0 Å². The van der Waals surface area contributed by atoms with Crippen molar-refractivity contribution in [1.82, 2.24) is 0 Å². The Balaban J connectivity index is 4.47. The van der Waals surface area contributed by atoms with E-state index in [0.717, 1.165) is 0 Å². The van der Waals surface area contributed by atoms with Gasteiger partial charge in [-0.25, -0.2) is 0 Å². The molecule has 6 nitrogen and oxygen atoms in total. The molecule has 72 valence electrons. The first kappa shape index (κ1) is 11.5. The maximum Gasteiger partial charge on any atom is 0.175 e. The van der Waals surface area contributed by atoms with Crippen LogP contribution in [0.5, 0.6) is 0 Å². The molecular formula is C6H13NO5. The van der Waals surface area contributed by atoms with Crippen LogP contribution in [-0.4, -0.2) is 50.7 Å². The molecule has 0 spiro atoms. The molecule has 0 saturated heterocycles. The van der Waals surface area contributed by atoms with Crippen molar-refractivity contribution in [2.24, 2.45) is 5.73 Å². The zero-order valence-electron chi connectivity index (χ0n) is 6.58. The Hall–Kier alpha value is -0.530. The molecule has 6 heteroatoms. The molecule has 0 aliphatic carbocycles. The van der Waals surface area contributed by atoms with E-state index in [0.29, 0.717) is 0 Å². The molecule has 0 heterocycles. The molecule has 0 fully saturated rings. The normalized spacial score (nSPS) is 23.8. The summed E-state index contributed by atoms with van der Waals surface area (Å²) in [6, 6.07) is 0. The zero-order valence-corrected chi connectivity index (χ0v) is 6.58. The third-order valence-corrected chi connectivity index (χ3v) is 1.53. The van der Waals surface area contributed by atoms with Gasteiger partial charge in [-0.2, -0.15) is 0 Å². The lowest BCUT2D eigenvalue weighted by Gasteiger charge is -2.31. The summed E-state index contributed by atoms with van der Waals surface area (Å²) in [6.07, 6.45) is -5.07. The van der Waals surface area contributed by atoms with E-state index >= 15 is 0 Å². The van der Waals surface area contributed by atoms with Crippen LogP contribution >= 0.6 is 0 Å². The quantitative estimate of drug-likeness (QED) is 0.230. The Morgan fingerprint density at radius 1 is 1.42 bits per heavy atom. The van der Waals surface area contributed by atoms with Crippen molar-refractivity contribution < 1.29 is 25.2 Å². The Morgan fingerprint density at radius 2 is 1.83 bits per heavy atom. The van der Waals surface area contributed by atoms with Crippen molar-refractivity contribution in [2.75, 3.05) is 0 Å². The Kier molecular flexibility index (Phi) is 3.75. The Morgan fingerprint density at radius 3 is 2.08 bits per heavy atom. The molecule has 0 aromatic carbocycles. The molecule has 0 rings (SSSR count). The van der Waals surface area contributed by atoms with Crippen LogP contribution in [0.3, 0.4) is 0 Å². The van der Waals surface area contributed by atoms with Gasteiger partial charge in [-0.3, -0.25) is 5.73 Å². The monoisotopic (exact) mass is 179 g/mol. The molecule has 0 saturated carbocycles. The van der Waals surface area contributed by atoms with Gasteiger partial charge in [0.25, 0.3) is 0 Å². The van der Waals surface area contributed by atoms with Gasteiger partial charge in [-0.05, 0) is 6.92 Å². The molecule has 4 atom stereocenters. The maximum absolute atomic E-state index is 10.00. The molecule has 12 heavy (non-hydrogen) atoms. The summed E-state index contributed by atoms with van der Waals surface area (Å²) in [7, 11) is 0. The summed E-state index contributed by atoms with van der Waals surface area (Å²) in [6.45, 7) is 1.17. The summed E-state index contributed by atoms with van der Waals surface area (Å²) in [4.78, 5) is 10.00. The Bertz CT molecular complexity index is 158. The van der Waals surface area contributed by atoms with E-state index in [1.807, 2.05) is 0 Å². The number of aliphatic hydroxyl groups excluding tert-OH is 3. The molecule has 0 radical (unpaired) electrons. The molecule has 0 aliphatic rings. The van der Waals surface area contributed by atoms with Gasteiger partial charge in [0.15, 0.2) is 18.1 Å². The third kappa shape index (κ3) is 2.23. The van der Waals surface area contributed by atoms with Gasteiger partial charge < -0.3 is 25.2 Å². The van der Waals surface area contributed by atoms with E-state index in [4.69, 9.17) is 26.2 Å². The summed E-state index contributed by atoms with van der Waals surface area (Å²) in [5.74, 6) is 0. The number of aldehydes is 1. The third-order valence-electron chi connectivity index (χ3n) is 1.53. The van der Waals surface area contributed by atoms with Gasteiger partial charge in [0.05, 0.1) is 6.10 Å². The van der Waals surface area contributed by atoms with E-state index in [2.05, 4.69) is 0 Å². The van der Waals surface area contributed by atoms with Crippen molar-refractivity contribution >= 4 is 6.29 Å². The van der Waals surface area contributed by atoms with E-state index in [1.165, 1.54) is 6.92 Å². The van der Waals surface area contributed by atoms with E-state index < -0.39 is 24.0 Å². The first-order valence-corrected chi connectivity index (χ1v) is 3.34. The van der Waals surface area contributed by atoms with Crippen molar-refractivity contribution in [2.45, 2.75) is 31.0 Å². The molecular weight excluding hydrogens is 166 g/mol. The highest BCUT2D eigenvalue weighted by molar-refractivity contribution is 5.57. The average molecular weight is 179 g/mol. The first-order valence-electron chi connectivity index (χ1n) is 3.34. The predicted octanol–water partition coefficient (Wildman–Crippen LogP) is -3.06. The van der Waals surface area contributed by atoms with Gasteiger partial charge in [-0.15, -0.1) is 0 Å². The smallest absolute Gasteiger partial charge is 0.175 e. The lowest BCUT2D eigenvalue weighted by atomic mass is 9.98. The molecule has 0 aromatic rings. The lowest BCUT2D eigenvalue weighted by Crippen LogP contribution is -2.63. The molecule has 0 aromatic heterocycles. The SMILES string of the molecule is C[C@H](O)[C@@H](O)[C@@](N)(O)[C@H](O)C=O. The summed E-state index contributed by atoms with van der Waals surface area (Å²) < 4.78 is 0. The second kappa shape index (κ2) is 3.92. The van der Waals surface area contributed by atoms with Crippen LogP contribution < -0.4 is 5.73 Å². The van der Waals surface area contributed by atoms with Crippen molar-refractivity contribution in [3.63, 3.8) is 0 Å². The highest BCUT2D eigenvalue weighted by Crippen LogP contribution is 2.11. The molecule has 6 N–H and O–H groups in total. The van der Waals surface area contributed by atoms with Crippen LogP contribution in [0.2, 0.25) is 0 Å². The van der Waals surface area contributed by atoms with Gasteiger partial charge >= 0.3 is 0 Å². The van der Waals surface area contributed by atoms with Crippen LogP contribution in [0.15, 0.2) is 0 Å². The first-order chi connectivity index (χ1) is 5.34. The topological polar surface area (TPSA) is 124 Å². The van der Waals surface area contributed by atoms with Crippen LogP contribution in [-0.2, 0) is 4.79 Å². The maximum atomic E-state index is 10.00. The number of hydrogen-bond acceptors (Lipinski definition) is 6. The van der Waals surface area contributed by atoms with Gasteiger partial charge in [0, 0.05) is 0 Å². The second-order valence-electron chi connectivity index (χ2n) is 2.65. The number of carbonyl (C=O) groups excluding carboxylic acids is 1. The predicted molar refractivity (Wildman–Crippen MR) is 38.9 cm³/mol. The minimum absolute atomic E-state index is 0.0222. The minimum atomic E-state index is -2.52. The standard InChI is InChI=1S/C6H13NO5/c1-3(9)5(11)6(7,12)4(10)2-8/h2-5,9-12H,7H2,1H3/t3-,4+,5+,6-/m0/s1. The van der Waals surface area contributed by atoms with Gasteiger partial charge in [-0.1, -0.05) is 0 Å². The average Bonchev–Trinajstić information content (AvgIpc) is 2.01. The van der Waals surface area contributed by atoms with Crippen LogP contribution in [0, 0.1) is 0 Å². The molecule has 0 bridgehead atoms. The highest BCUT2D eigenvalue weighted by atomic mass is 16.4. The van der Waals surface area contributed by atoms with E-state index in [-0.39, 0.29) is 6.29 Å². The number of aliphatic hydroxyl groups is 4. The fourth-order valence-electron chi connectivity index (χ4n) is 0.670. The van der Waals surface area contributed by atoms with Crippen molar-refractivity contribution in [1.29, 1.82) is 0 Å². The summed E-state index contributed by atoms with van der Waals surface area (Å²) >= 11 is 0. The largest absolute Gasteiger partial charge is 0.391 e. The van der Waals surface area contributed by atoms with E-state index in [1.54, 1.807) is 0 Å². The number of carbonyl (C=O) groups is 1. The number of hydrogen-bond donors (Lipinski definition) is 5. The van der Waals surface area contributed by atoms with Crippen LogP contribution in [0.25, 0.3) is 0 Å². The van der Waals surface area contributed by atoms with Crippen LogP contribution in [0.1, 0.15) is 6.92 Å². The lowest BCUT2D eigenvalue weighted by molar-refractivity contribution is -0.171. The van der Waals surface area contributed by atoms with Crippen LogP contribution in [0.4, 0.5) is 0 Å². The van der Waals surface area contributed by atoms with Gasteiger partial charge in [0.1, 0.15) is 6.10 Å². The molecule has 0 unspecified atom stereocenters. The van der Waals surface area contributed by atoms with E-state index in [9.17, 15) is 4.79 Å². The number of rotatable bonds is 4. The summed E-state index contributed by atoms with van der Waals surface area (Å²) in [5.41, 5.74) is 2.46. The highest BCUT2D eigenvalue weighted by Gasteiger charge is 2.41. The van der Waals surface area contributed by atoms with Crippen molar-refractivity contribution in [3.05, 3.63) is 0 Å². The number of nitrogens with two attached hydrogens (primary N) is 1. The zero-order chi connectivity index (χ0) is 9.94. The fourth-order valence-corrected chi connectivity index (χ4v) is 0.670. The molecule has 0 amide bonds. The summed E-state index contributed by atoms with van der Waals surface area (Å²) in [5, 5.41) is 35.7. The van der Waals surface area contributed by atoms with Crippen molar-refractivity contribution in [3.8, 4) is 0 Å². The second-order valence-corrected chi connectivity index (χ2v) is 2.65. The Labute approximate surface area is 69.2 Å². The fraction of sp³-hybridized carbons (Fsp3) is 0.833. The minimum Gasteiger partial charge on any atom is -0.391 e. The molecule has 0 aliphatic heterocycles.